The Balaban J connectivity index is 1.71. The lowest BCUT2D eigenvalue weighted by atomic mass is 9.90. The van der Waals surface area contributed by atoms with Gasteiger partial charge in [-0.25, -0.2) is 4.79 Å². The van der Waals surface area contributed by atoms with Gasteiger partial charge < -0.3 is 9.47 Å². The second-order valence-electron chi connectivity index (χ2n) is 7.71. The van der Waals surface area contributed by atoms with Gasteiger partial charge in [-0.2, -0.15) is 0 Å². The predicted octanol–water partition coefficient (Wildman–Crippen LogP) is 4.46. The van der Waals surface area contributed by atoms with Gasteiger partial charge >= 0.3 is 11.9 Å². The number of carbonyl (C=O) groups is 3. The number of hydrogen-bond donors (Lipinski definition) is 0. The summed E-state index contributed by atoms with van der Waals surface area (Å²) in [7, 11) is 0. The Labute approximate surface area is 175 Å². The highest BCUT2D eigenvalue weighted by Gasteiger charge is 2.50. The molecular weight excluding hydrogens is 392 g/mol. The van der Waals surface area contributed by atoms with E-state index in [9.17, 15) is 14.4 Å². The van der Waals surface area contributed by atoms with Crippen LogP contribution in [0.4, 0.5) is 0 Å². The summed E-state index contributed by atoms with van der Waals surface area (Å²) in [5.74, 6) is -1.21. The molecule has 0 spiro atoms. The second kappa shape index (κ2) is 9.40. The van der Waals surface area contributed by atoms with Gasteiger partial charge in [0, 0.05) is 29.2 Å². The van der Waals surface area contributed by atoms with Crippen LogP contribution in [0.15, 0.2) is 53.6 Å². The number of allylic oxidation sites excluding steroid dienone is 3. The van der Waals surface area contributed by atoms with Crippen LogP contribution in [0.3, 0.4) is 0 Å². The number of hydrogen-bond acceptors (Lipinski definition) is 5. The Morgan fingerprint density at radius 1 is 1.31 bits per heavy atom. The first-order chi connectivity index (χ1) is 13.8. The number of benzene rings is 1. The third kappa shape index (κ3) is 5.36. The minimum atomic E-state index is -0.435. The van der Waals surface area contributed by atoms with Crippen LogP contribution < -0.4 is 0 Å². The van der Waals surface area contributed by atoms with Crippen LogP contribution >= 0.6 is 11.6 Å². The molecule has 0 aromatic heterocycles. The lowest BCUT2D eigenvalue weighted by molar-refractivity contribution is -0.141. The average molecular weight is 417 g/mol. The Hall–Kier alpha value is -2.40. The summed E-state index contributed by atoms with van der Waals surface area (Å²) in [5, 5.41) is 0.654. The molecule has 1 saturated heterocycles. The number of carbonyl (C=O) groups excluding carboxylic acids is 3. The molecule has 1 unspecified atom stereocenters. The summed E-state index contributed by atoms with van der Waals surface area (Å²) in [4.78, 5) is 36.6. The molecule has 6 heteroatoms. The number of halogens is 1. The lowest BCUT2D eigenvalue weighted by Crippen LogP contribution is -2.25. The molecule has 154 valence electrons. The summed E-state index contributed by atoms with van der Waals surface area (Å²) in [6, 6.07) is 8.77. The fourth-order valence-corrected chi connectivity index (χ4v) is 3.98. The minimum absolute atomic E-state index is 0.0269. The van der Waals surface area contributed by atoms with Crippen LogP contribution in [0.1, 0.15) is 43.5 Å². The molecule has 3 rings (SSSR count). The minimum Gasteiger partial charge on any atom is -0.462 e. The van der Waals surface area contributed by atoms with Crippen LogP contribution in [0.5, 0.6) is 0 Å². The molecule has 2 aliphatic rings. The first-order valence-corrected chi connectivity index (χ1v) is 10.2. The van der Waals surface area contributed by atoms with Gasteiger partial charge in [-0.15, -0.1) is 0 Å². The molecule has 0 bridgehead atoms. The standard InChI is InChI=1S/C23H25ClO5/c1-14(8-9-15(2)24)19(25)11-10-17-18-12-22(26)28-21(18)13-20(17)29-23(27)16-6-4-3-5-7-16/h3-7,9-11,14,17-18,20-21H,8,12-13H2,1-2H3/b11-10+,15-9-/t14?,17-,18-,20-,21+/m1/s1. The van der Waals surface area contributed by atoms with Gasteiger partial charge in [0.15, 0.2) is 5.78 Å². The fourth-order valence-electron chi connectivity index (χ4n) is 3.90. The normalized spacial score (nSPS) is 27.6. The number of esters is 2. The van der Waals surface area contributed by atoms with Crippen molar-refractivity contribution in [2.75, 3.05) is 0 Å². The molecule has 1 saturated carbocycles. The SMILES string of the molecule is C/C(Cl)=C/CC(C)C(=O)/C=C/[C@@H]1[C@H]2CC(=O)O[C@H]2C[C@H]1OC(=O)c1ccccc1. The van der Waals surface area contributed by atoms with Gasteiger partial charge in [0.05, 0.1) is 12.0 Å². The van der Waals surface area contributed by atoms with Crippen LogP contribution in [0.2, 0.25) is 0 Å². The van der Waals surface area contributed by atoms with E-state index in [-0.39, 0.29) is 42.0 Å². The molecule has 1 heterocycles. The van der Waals surface area contributed by atoms with E-state index in [1.54, 1.807) is 43.3 Å². The summed E-state index contributed by atoms with van der Waals surface area (Å²) in [6.07, 6.45) is 5.71. The van der Waals surface area contributed by atoms with Crippen LogP contribution in [0, 0.1) is 17.8 Å². The highest BCUT2D eigenvalue weighted by Crippen LogP contribution is 2.43. The lowest BCUT2D eigenvalue weighted by Gasteiger charge is -2.20. The molecule has 1 aromatic carbocycles. The molecule has 5 nitrogen and oxygen atoms in total. The molecule has 29 heavy (non-hydrogen) atoms. The zero-order valence-corrected chi connectivity index (χ0v) is 17.3. The largest absolute Gasteiger partial charge is 0.462 e. The zero-order chi connectivity index (χ0) is 21.0. The highest BCUT2D eigenvalue weighted by atomic mass is 35.5. The van der Waals surface area contributed by atoms with Gasteiger partial charge in [0.2, 0.25) is 0 Å². The number of ether oxygens (including phenoxy) is 2. The van der Waals surface area contributed by atoms with Crippen molar-refractivity contribution in [1.29, 1.82) is 0 Å². The van der Waals surface area contributed by atoms with Crippen LogP contribution in [-0.4, -0.2) is 29.9 Å². The van der Waals surface area contributed by atoms with Gasteiger partial charge in [-0.05, 0) is 31.6 Å². The van der Waals surface area contributed by atoms with Crippen molar-refractivity contribution in [1.82, 2.24) is 0 Å². The molecule has 5 atom stereocenters. The van der Waals surface area contributed by atoms with E-state index in [1.807, 2.05) is 19.1 Å². The van der Waals surface area contributed by atoms with E-state index in [2.05, 4.69) is 0 Å². The van der Waals surface area contributed by atoms with Gasteiger partial charge in [-0.1, -0.05) is 48.9 Å². The zero-order valence-electron chi connectivity index (χ0n) is 16.5. The van der Waals surface area contributed by atoms with E-state index in [1.165, 1.54) is 0 Å². The van der Waals surface area contributed by atoms with Gasteiger partial charge in [0.1, 0.15) is 12.2 Å². The summed E-state index contributed by atoms with van der Waals surface area (Å²) in [5.41, 5.74) is 0.470. The molecule has 1 aliphatic carbocycles. The van der Waals surface area contributed by atoms with E-state index in [0.717, 1.165) is 0 Å². The fraction of sp³-hybridized carbons (Fsp3) is 0.435. The van der Waals surface area contributed by atoms with Crippen molar-refractivity contribution >= 4 is 29.3 Å². The smallest absolute Gasteiger partial charge is 0.338 e. The van der Waals surface area contributed by atoms with Crippen molar-refractivity contribution in [2.45, 2.75) is 45.3 Å². The van der Waals surface area contributed by atoms with E-state index >= 15 is 0 Å². The van der Waals surface area contributed by atoms with Crippen molar-refractivity contribution in [3.05, 3.63) is 59.2 Å². The van der Waals surface area contributed by atoms with Crippen molar-refractivity contribution in [2.24, 2.45) is 17.8 Å². The maximum atomic E-state index is 12.5. The highest BCUT2D eigenvalue weighted by molar-refractivity contribution is 6.29. The first kappa shape index (κ1) is 21.3. The van der Waals surface area contributed by atoms with E-state index in [0.29, 0.717) is 23.4 Å². The van der Waals surface area contributed by atoms with Crippen molar-refractivity contribution in [3.63, 3.8) is 0 Å². The summed E-state index contributed by atoms with van der Waals surface area (Å²) < 4.78 is 11.1. The Morgan fingerprint density at radius 2 is 2.03 bits per heavy atom. The molecule has 1 aliphatic heterocycles. The number of fused-ring (bicyclic) bond motifs is 1. The van der Waals surface area contributed by atoms with Gasteiger partial charge in [0.25, 0.3) is 0 Å². The Kier molecular flexibility index (Phi) is 6.91. The predicted molar refractivity (Wildman–Crippen MR) is 109 cm³/mol. The van der Waals surface area contributed by atoms with Crippen LogP contribution in [0.25, 0.3) is 0 Å². The summed E-state index contributed by atoms with van der Waals surface area (Å²) in [6.45, 7) is 3.62. The monoisotopic (exact) mass is 416 g/mol. The number of rotatable bonds is 7. The van der Waals surface area contributed by atoms with Crippen molar-refractivity contribution in [3.8, 4) is 0 Å². The molecule has 1 aromatic rings. The van der Waals surface area contributed by atoms with Crippen LogP contribution in [-0.2, 0) is 19.1 Å². The topological polar surface area (TPSA) is 69.7 Å². The van der Waals surface area contributed by atoms with Crippen molar-refractivity contribution < 1.29 is 23.9 Å². The van der Waals surface area contributed by atoms with E-state index in [4.69, 9.17) is 21.1 Å². The van der Waals surface area contributed by atoms with Gasteiger partial charge in [-0.3, -0.25) is 9.59 Å². The molecule has 0 radical (unpaired) electrons. The third-order valence-corrected chi connectivity index (χ3v) is 5.69. The molecule has 2 fully saturated rings. The Bertz CT molecular complexity index is 825. The third-order valence-electron chi connectivity index (χ3n) is 5.54. The average Bonchev–Trinajstić information content (AvgIpc) is 3.20. The first-order valence-electron chi connectivity index (χ1n) is 9.85. The summed E-state index contributed by atoms with van der Waals surface area (Å²) >= 11 is 5.84. The maximum absolute atomic E-state index is 12.5. The molecule has 0 amide bonds. The van der Waals surface area contributed by atoms with E-state index < -0.39 is 12.1 Å². The number of ketones is 1. The molecule has 0 N–H and O–H groups in total. The molecular formula is C23H25ClO5. The Morgan fingerprint density at radius 3 is 2.72 bits per heavy atom. The quantitative estimate of drug-likeness (QED) is 0.485. The maximum Gasteiger partial charge on any atom is 0.338 e. The second-order valence-corrected chi connectivity index (χ2v) is 8.30.